The third-order valence-corrected chi connectivity index (χ3v) is 5.36. The van der Waals surface area contributed by atoms with E-state index in [0.717, 1.165) is 0 Å². The molecule has 0 aliphatic carbocycles. The monoisotopic (exact) mass is 314 g/mol. The predicted octanol–water partition coefficient (Wildman–Crippen LogP) is 1.06. The largest absolute Gasteiger partial charge is 0.486 e. The topological polar surface area (TPSA) is 81.9 Å². The minimum atomic E-state index is -3.55. The molecule has 0 saturated heterocycles. The molecule has 7 heteroatoms. The quantitative estimate of drug-likeness (QED) is 0.849. The highest BCUT2D eigenvalue weighted by Gasteiger charge is 2.26. The molecule has 2 rings (SSSR count). The van der Waals surface area contributed by atoms with Crippen LogP contribution in [0.3, 0.4) is 0 Å². The maximum absolute atomic E-state index is 12.7. The van der Waals surface area contributed by atoms with Crippen molar-refractivity contribution in [3.63, 3.8) is 0 Å². The van der Waals surface area contributed by atoms with Gasteiger partial charge in [-0.15, -0.1) is 0 Å². The van der Waals surface area contributed by atoms with E-state index >= 15 is 0 Å². The van der Waals surface area contributed by atoms with Crippen molar-refractivity contribution < 1.29 is 17.9 Å². The molecule has 2 N–H and O–H groups in total. The molecule has 0 saturated carbocycles. The maximum Gasteiger partial charge on any atom is 0.243 e. The molecule has 1 aromatic rings. The first-order chi connectivity index (χ1) is 9.98. The van der Waals surface area contributed by atoms with Crippen LogP contribution in [0.2, 0.25) is 0 Å². The lowest BCUT2D eigenvalue weighted by Gasteiger charge is -2.24. The number of hydrogen-bond donors (Lipinski definition) is 1. The standard InChI is InChI=1S/C14H22N2O4S/c1-3-16(10-11(2)9-15)21(17,18)12-4-5-13-14(8-12)20-7-6-19-13/h4-5,8,11H,3,6-7,9-10,15H2,1-2H3. The number of nitrogens with zero attached hydrogens (tertiary/aromatic N) is 1. The average Bonchev–Trinajstić information content (AvgIpc) is 2.51. The Morgan fingerprint density at radius 1 is 1.29 bits per heavy atom. The normalized spacial score (nSPS) is 16.0. The molecule has 1 unspecified atom stereocenters. The lowest BCUT2D eigenvalue weighted by atomic mass is 10.2. The second kappa shape index (κ2) is 6.64. The summed E-state index contributed by atoms with van der Waals surface area (Å²) in [7, 11) is -3.55. The van der Waals surface area contributed by atoms with Gasteiger partial charge in [-0.2, -0.15) is 4.31 Å². The Kier molecular flexibility index (Phi) is 5.08. The smallest absolute Gasteiger partial charge is 0.243 e. The van der Waals surface area contributed by atoms with Crippen molar-refractivity contribution in [1.29, 1.82) is 0 Å². The van der Waals surface area contributed by atoms with E-state index in [9.17, 15) is 8.42 Å². The van der Waals surface area contributed by atoms with E-state index < -0.39 is 10.0 Å². The fraction of sp³-hybridized carbons (Fsp3) is 0.571. The number of rotatable bonds is 6. The van der Waals surface area contributed by atoms with Gasteiger partial charge in [0, 0.05) is 19.2 Å². The van der Waals surface area contributed by atoms with Gasteiger partial charge in [0.2, 0.25) is 10.0 Å². The van der Waals surface area contributed by atoms with Crippen molar-refractivity contribution in [2.45, 2.75) is 18.7 Å². The van der Waals surface area contributed by atoms with Gasteiger partial charge in [-0.05, 0) is 24.6 Å². The van der Waals surface area contributed by atoms with Crippen LogP contribution in [0.25, 0.3) is 0 Å². The fourth-order valence-corrected chi connectivity index (χ4v) is 3.74. The highest BCUT2D eigenvalue weighted by atomic mass is 32.2. The Hall–Kier alpha value is -1.31. The molecule has 1 aliphatic rings. The van der Waals surface area contributed by atoms with Gasteiger partial charge in [0.25, 0.3) is 0 Å². The first-order valence-electron chi connectivity index (χ1n) is 7.09. The lowest BCUT2D eigenvalue weighted by molar-refractivity contribution is 0.171. The Morgan fingerprint density at radius 3 is 2.57 bits per heavy atom. The average molecular weight is 314 g/mol. The zero-order chi connectivity index (χ0) is 15.5. The number of sulfonamides is 1. The molecule has 1 aliphatic heterocycles. The maximum atomic E-state index is 12.7. The van der Waals surface area contributed by atoms with E-state index in [4.69, 9.17) is 15.2 Å². The number of ether oxygens (including phenoxy) is 2. The van der Waals surface area contributed by atoms with Crippen LogP contribution < -0.4 is 15.2 Å². The molecule has 0 bridgehead atoms. The first-order valence-corrected chi connectivity index (χ1v) is 8.53. The molecule has 0 radical (unpaired) electrons. The molecule has 6 nitrogen and oxygen atoms in total. The molecule has 0 amide bonds. The predicted molar refractivity (Wildman–Crippen MR) is 80.1 cm³/mol. The summed E-state index contributed by atoms with van der Waals surface area (Å²) in [6.07, 6.45) is 0. The van der Waals surface area contributed by atoms with Crippen LogP contribution in [0.4, 0.5) is 0 Å². The van der Waals surface area contributed by atoms with Gasteiger partial charge in [-0.3, -0.25) is 0 Å². The third kappa shape index (κ3) is 3.48. The van der Waals surface area contributed by atoms with Crippen LogP contribution in [0.1, 0.15) is 13.8 Å². The highest BCUT2D eigenvalue weighted by molar-refractivity contribution is 7.89. The van der Waals surface area contributed by atoms with Crippen LogP contribution in [-0.4, -0.2) is 45.6 Å². The molecular weight excluding hydrogens is 292 g/mol. The summed E-state index contributed by atoms with van der Waals surface area (Å²) in [5.41, 5.74) is 5.59. The minimum Gasteiger partial charge on any atom is -0.486 e. The van der Waals surface area contributed by atoms with E-state index in [2.05, 4.69) is 0 Å². The van der Waals surface area contributed by atoms with Crippen molar-refractivity contribution in [1.82, 2.24) is 4.31 Å². The van der Waals surface area contributed by atoms with E-state index in [1.54, 1.807) is 12.1 Å². The van der Waals surface area contributed by atoms with Crippen molar-refractivity contribution in [3.05, 3.63) is 18.2 Å². The summed E-state index contributed by atoms with van der Waals surface area (Å²) < 4.78 is 37.7. The molecule has 1 aromatic carbocycles. The second-order valence-electron chi connectivity index (χ2n) is 5.10. The number of fused-ring (bicyclic) bond motifs is 1. The SMILES string of the molecule is CCN(CC(C)CN)S(=O)(=O)c1ccc2c(c1)OCCO2. The summed E-state index contributed by atoms with van der Waals surface area (Å²) >= 11 is 0. The van der Waals surface area contributed by atoms with Crippen molar-refractivity contribution in [3.8, 4) is 11.5 Å². The zero-order valence-corrected chi connectivity index (χ0v) is 13.2. The molecule has 21 heavy (non-hydrogen) atoms. The van der Waals surface area contributed by atoms with Crippen LogP contribution >= 0.6 is 0 Å². The molecular formula is C14H22N2O4S. The van der Waals surface area contributed by atoms with Gasteiger partial charge < -0.3 is 15.2 Å². The van der Waals surface area contributed by atoms with Crippen molar-refractivity contribution in [2.24, 2.45) is 11.7 Å². The lowest BCUT2D eigenvalue weighted by Crippen LogP contribution is -2.36. The van der Waals surface area contributed by atoms with Gasteiger partial charge in [-0.1, -0.05) is 13.8 Å². The number of nitrogens with two attached hydrogens (primary N) is 1. The number of hydrogen-bond acceptors (Lipinski definition) is 5. The summed E-state index contributed by atoms with van der Waals surface area (Å²) in [5, 5.41) is 0. The number of benzene rings is 1. The van der Waals surface area contributed by atoms with Crippen molar-refractivity contribution in [2.75, 3.05) is 32.8 Å². The summed E-state index contributed by atoms with van der Waals surface area (Å²) in [6, 6.07) is 4.72. The van der Waals surface area contributed by atoms with E-state index in [1.165, 1.54) is 10.4 Å². The van der Waals surface area contributed by atoms with Crippen LogP contribution in [0.5, 0.6) is 11.5 Å². The Labute approximate surface area is 125 Å². The molecule has 0 aromatic heterocycles. The molecule has 0 fully saturated rings. The van der Waals surface area contributed by atoms with E-state index in [1.807, 2.05) is 13.8 Å². The van der Waals surface area contributed by atoms with Crippen LogP contribution in [0, 0.1) is 5.92 Å². The zero-order valence-electron chi connectivity index (χ0n) is 12.4. The van der Waals surface area contributed by atoms with Gasteiger partial charge in [0.1, 0.15) is 13.2 Å². The Balaban J connectivity index is 2.29. The molecule has 1 atom stereocenters. The summed E-state index contributed by atoms with van der Waals surface area (Å²) in [4.78, 5) is 0.220. The van der Waals surface area contributed by atoms with Crippen LogP contribution in [-0.2, 0) is 10.0 Å². The van der Waals surface area contributed by atoms with E-state index in [-0.39, 0.29) is 10.8 Å². The first kappa shape index (κ1) is 16.1. The minimum absolute atomic E-state index is 0.108. The van der Waals surface area contributed by atoms with Gasteiger partial charge in [-0.25, -0.2) is 8.42 Å². The third-order valence-electron chi connectivity index (χ3n) is 3.42. The van der Waals surface area contributed by atoms with Crippen molar-refractivity contribution >= 4 is 10.0 Å². The summed E-state index contributed by atoms with van der Waals surface area (Å²) in [5.74, 6) is 1.17. The second-order valence-corrected chi connectivity index (χ2v) is 7.04. The highest BCUT2D eigenvalue weighted by Crippen LogP contribution is 2.33. The van der Waals surface area contributed by atoms with E-state index in [0.29, 0.717) is 44.3 Å². The summed E-state index contributed by atoms with van der Waals surface area (Å²) in [6.45, 7) is 5.92. The Bertz CT molecular complexity index is 589. The van der Waals surface area contributed by atoms with Gasteiger partial charge in [0.05, 0.1) is 4.90 Å². The Morgan fingerprint density at radius 2 is 1.95 bits per heavy atom. The fourth-order valence-electron chi connectivity index (χ4n) is 2.15. The van der Waals surface area contributed by atoms with Gasteiger partial charge in [0.15, 0.2) is 11.5 Å². The molecule has 118 valence electrons. The van der Waals surface area contributed by atoms with Crippen LogP contribution in [0.15, 0.2) is 23.1 Å². The molecule has 1 heterocycles. The van der Waals surface area contributed by atoms with Gasteiger partial charge >= 0.3 is 0 Å². The molecule has 0 spiro atoms.